The summed E-state index contributed by atoms with van der Waals surface area (Å²) >= 11 is 16.7. The molecule has 10 aromatic rings. The van der Waals surface area contributed by atoms with Crippen LogP contribution in [0, 0.1) is 0 Å². The van der Waals surface area contributed by atoms with Gasteiger partial charge in [-0.05, 0) is 142 Å². The molecule has 0 bridgehead atoms. The van der Waals surface area contributed by atoms with Gasteiger partial charge in [-0.1, -0.05) is 18.2 Å². The van der Waals surface area contributed by atoms with E-state index < -0.39 is 0 Å². The van der Waals surface area contributed by atoms with Crippen LogP contribution >= 0.6 is 102 Å². The Bertz CT molecular complexity index is 2380. The van der Waals surface area contributed by atoms with Gasteiger partial charge in [0.15, 0.2) is 0 Å². The molecule has 246 valence electrons. The third-order valence-corrected chi connectivity index (χ3v) is 18.9. The molecule has 0 atom stereocenters. The molecule has 51 heavy (non-hydrogen) atoms. The molecule has 0 saturated carbocycles. The third-order valence-electron chi connectivity index (χ3n) is 8.44. The van der Waals surface area contributed by atoms with Gasteiger partial charge in [-0.3, -0.25) is 0 Å². The summed E-state index contributed by atoms with van der Waals surface area (Å²) in [7, 11) is 0. The number of hydrogen-bond acceptors (Lipinski definition) is 9. The Morgan fingerprint density at radius 2 is 0.431 bits per heavy atom. The van der Waals surface area contributed by atoms with E-state index in [-0.39, 0.29) is 0 Å². The van der Waals surface area contributed by atoms with Crippen LogP contribution in [0.15, 0.2) is 144 Å². The summed E-state index contributed by atoms with van der Waals surface area (Å²) < 4.78 is 0. The van der Waals surface area contributed by atoms with E-state index >= 15 is 0 Å². The first-order valence-electron chi connectivity index (χ1n) is 16.1. The molecule has 0 aliphatic heterocycles. The van der Waals surface area contributed by atoms with Gasteiger partial charge in [-0.2, -0.15) is 0 Å². The maximum Gasteiger partial charge on any atom is 0.0449 e. The summed E-state index contributed by atoms with van der Waals surface area (Å²) in [5.74, 6) is 0. The molecular formula is C42H24S9. The zero-order valence-corrected chi connectivity index (χ0v) is 33.9. The topological polar surface area (TPSA) is 0 Å². The van der Waals surface area contributed by atoms with Crippen molar-refractivity contribution in [1.82, 2.24) is 0 Å². The molecular weight excluding hydrogens is 793 g/mol. The molecule has 0 nitrogen and oxygen atoms in total. The summed E-state index contributed by atoms with van der Waals surface area (Å²) in [4.78, 5) is 19.8. The fraction of sp³-hybridized carbons (Fsp3) is 0. The molecule has 0 unspecified atom stereocenters. The van der Waals surface area contributed by atoms with Crippen LogP contribution < -0.4 is 0 Å². The average molecular weight is 817 g/mol. The largest absolute Gasteiger partial charge is 0.143 e. The maximum absolute atomic E-state index is 2.40. The van der Waals surface area contributed by atoms with Gasteiger partial charge < -0.3 is 0 Å². The quantitative estimate of drug-likeness (QED) is 0.136. The average Bonchev–Trinajstić information content (AvgIpc) is 4.02. The van der Waals surface area contributed by atoms with E-state index in [2.05, 4.69) is 144 Å². The highest BCUT2D eigenvalue weighted by Crippen LogP contribution is 2.47. The van der Waals surface area contributed by atoms with Gasteiger partial charge in [-0.25, -0.2) is 0 Å². The van der Waals surface area contributed by atoms with Gasteiger partial charge in [0.2, 0.25) is 0 Å². The van der Waals surface area contributed by atoms with E-state index in [1.807, 2.05) is 68.0 Å². The summed E-state index contributed by atoms with van der Waals surface area (Å²) in [5, 5.41) is 6.46. The van der Waals surface area contributed by atoms with E-state index in [9.17, 15) is 0 Å². The van der Waals surface area contributed by atoms with Crippen LogP contribution in [0.2, 0.25) is 0 Å². The van der Waals surface area contributed by atoms with Crippen molar-refractivity contribution in [3.63, 3.8) is 0 Å². The Hall–Kier alpha value is -3.48. The van der Waals surface area contributed by atoms with Crippen molar-refractivity contribution in [2.24, 2.45) is 0 Å². The highest BCUT2D eigenvalue weighted by Gasteiger charge is 2.16. The Morgan fingerprint density at radius 3 is 0.667 bits per heavy atom. The van der Waals surface area contributed by atoms with Gasteiger partial charge in [-0.15, -0.1) is 102 Å². The fourth-order valence-corrected chi connectivity index (χ4v) is 14.8. The molecule has 0 amide bonds. The van der Waals surface area contributed by atoms with E-state index in [4.69, 9.17) is 0 Å². The van der Waals surface area contributed by atoms with Crippen LogP contribution in [0.5, 0.6) is 0 Å². The van der Waals surface area contributed by atoms with Crippen LogP contribution in [0.25, 0.3) is 89.8 Å². The summed E-state index contributed by atoms with van der Waals surface area (Å²) in [6.45, 7) is 0. The van der Waals surface area contributed by atoms with Crippen molar-refractivity contribution in [3.05, 3.63) is 144 Å². The highest BCUT2D eigenvalue weighted by molar-refractivity contribution is 7.28. The van der Waals surface area contributed by atoms with Crippen LogP contribution in [0.3, 0.4) is 0 Å². The monoisotopic (exact) mass is 816 g/mol. The van der Waals surface area contributed by atoms with Crippen molar-refractivity contribution < 1.29 is 0 Å². The van der Waals surface area contributed by atoms with Crippen LogP contribution in [0.1, 0.15) is 0 Å². The highest BCUT2D eigenvalue weighted by atomic mass is 32.1. The zero-order chi connectivity index (χ0) is 33.7. The molecule has 9 heteroatoms. The molecule has 0 fully saturated rings. The second kappa shape index (κ2) is 13.8. The van der Waals surface area contributed by atoms with Crippen molar-refractivity contribution in [1.29, 1.82) is 0 Å². The van der Waals surface area contributed by atoms with Crippen LogP contribution in [-0.2, 0) is 0 Å². The van der Waals surface area contributed by atoms with Gasteiger partial charge in [0.05, 0.1) is 0 Å². The van der Waals surface area contributed by atoms with Crippen molar-refractivity contribution in [3.8, 4) is 89.8 Å². The molecule has 0 aliphatic rings. The van der Waals surface area contributed by atoms with Gasteiger partial charge in [0.1, 0.15) is 0 Å². The van der Waals surface area contributed by atoms with Crippen molar-refractivity contribution in [2.45, 2.75) is 0 Å². The third kappa shape index (κ3) is 6.45. The molecule has 0 spiro atoms. The van der Waals surface area contributed by atoms with Gasteiger partial charge in [0.25, 0.3) is 0 Å². The van der Waals surface area contributed by atoms with E-state index in [0.29, 0.717) is 0 Å². The van der Waals surface area contributed by atoms with Crippen LogP contribution in [0.4, 0.5) is 0 Å². The molecule has 9 heterocycles. The first-order valence-corrected chi connectivity index (χ1v) is 23.6. The smallest absolute Gasteiger partial charge is 0.0449 e. The SMILES string of the molecule is c1csc(-c2ccc(-c3ccc(-c4cc(-c5ccc(-c6ccc(-c7cccs7)s6)s5)cc(-c5ccc(-c6ccc(-c7cccs7)s6)s5)c4)s3)s2)c1. The van der Waals surface area contributed by atoms with E-state index in [1.165, 1.54) is 89.8 Å². The Morgan fingerprint density at radius 1 is 0.216 bits per heavy atom. The van der Waals surface area contributed by atoms with Crippen molar-refractivity contribution in [2.75, 3.05) is 0 Å². The molecule has 0 N–H and O–H groups in total. The predicted octanol–water partition coefficient (Wildman–Crippen LogP) is 17.2. The van der Waals surface area contributed by atoms with E-state index in [1.54, 1.807) is 34.0 Å². The lowest BCUT2D eigenvalue weighted by Gasteiger charge is -2.07. The first kappa shape index (κ1) is 32.2. The summed E-state index contributed by atoms with van der Waals surface area (Å²) in [6.07, 6.45) is 0. The predicted molar refractivity (Wildman–Crippen MR) is 236 cm³/mol. The van der Waals surface area contributed by atoms with Gasteiger partial charge >= 0.3 is 0 Å². The Labute approximate surface area is 332 Å². The minimum atomic E-state index is 1.27. The second-order valence-electron chi connectivity index (χ2n) is 11.7. The molecule has 0 saturated heterocycles. The number of thiophene rings is 9. The first-order chi connectivity index (χ1) is 25.2. The zero-order valence-electron chi connectivity index (χ0n) is 26.5. The maximum atomic E-state index is 2.40. The Balaban J connectivity index is 1.02. The number of hydrogen-bond donors (Lipinski definition) is 0. The minimum Gasteiger partial charge on any atom is -0.143 e. The molecule has 9 aromatic heterocycles. The van der Waals surface area contributed by atoms with Gasteiger partial charge in [0, 0.05) is 73.2 Å². The Kier molecular flexibility index (Phi) is 8.72. The number of benzene rings is 1. The molecule has 0 radical (unpaired) electrons. The van der Waals surface area contributed by atoms with Crippen LogP contribution in [-0.4, -0.2) is 0 Å². The lowest BCUT2D eigenvalue weighted by Crippen LogP contribution is -1.81. The lowest BCUT2D eigenvalue weighted by molar-refractivity contribution is 1.67. The summed E-state index contributed by atoms with van der Waals surface area (Å²) in [5.41, 5.74) is 3.81. The normalized spacial score (nSPS) is 11.5. The summed E-state index contributed by atoms with van der Waals surface area (Å²) in [6, 6.07) is 47.7. The molecule has 1 aromatic carbocycles. The fourth-order valence-electron chi connectivity index (χ4n) is 6.00. The molecule has 0 aliphatic carbocycles. The minimum absolute atomic E-state index is 1.27. The standard InChI is InChI=1S/C42H24S9/c1-4-31(43-19-1)34-13-16-40(49-34)37-10-7-28(46-37)25-22-26(29-8-11-38(47-29)41-17-14-35(50-41)32-5-2-20-44-32)24-27(23-25)30-9-12-39(48-30)42-18-15-36(51-42)33-6-3-21-45-33/h1-24H. The van der Waals surface area contributed by atoms with Crippen molar-refractivity contribution >= 4 is 102 Å². The lowest BCUT2D eigenvalue weighted by atomic mass is 10.0. The number of rotatable bonds is 9. The molecule has 10 rings (SSSR count). The second-order valence-corrected chi connectivity index (χ2v) is 21.1. The van der Waals surface area contributed by atoms with E-state index in [0.717, 1.165) is 0 Å².